The van der Waals surface area contributed by atoms with Crippen LogP contribution in [0, 0.1) is 39.9 Å². The average molecular weight is 429 g/mol. The molecule has 0 radical (unpaired) electrons. The van der Waals surface area contributed by atoms with Gasteiger partial charge in [-0.05, 0) is 87.4 Å². The molecule has 0 aromatic heterocycles. The fourth-order valence-corrected chi connectivity index (χ4v) is 10.8. The van der Waals surface area contributed by atoms with E-state index in [1.807, 2.05) is 6.92 Å². The van der Waals surface area contributed by atoms with Gasteiger partial charge in [0.2, 0.25) is 0 Å². The smallest absolute Gasteiger partial charge is 0.302 e. The third-order valence-corrected chi connectivity index (χ3v) is 12.0. The van der Waals surface area contributed by atoms with Crippen LogP contribution in [-0.4, -0.2) is 29.6 Å². The van der Waals surface area contributed by atoms with E-state index in [-0.39, 0.29) is 33.9 Å². The van der Waals surface area contributed by atoms with Crippen LogP contribution < -0.4 is 0 Å². The van der Waals surface area contributed by atoms with Crippen LogP contribution >= 0.6 is 0 Å². The van der Waals surface area contributed by atoms with Gasteiger partial charge in [0, 0.05) is 24.2 Å². The Morgan fingerprint density at radius 1 is 0.903 bits per heavy atom. The highest BCUT2D eigenvalue weighted by Gasteiger charge is 2.78. The third kappa shape index (κ3) is 2.36. The number of Topliss-reactive ketones (excluding diaryl/α,β-unsaturated/α-hetero) is 1. The number of hydrogen-bond acceptors (Lipinski definition) is 4. The van der Waals surface area contributed by atoms with Gasteiger partial charge in [-0.2, -0.15) is 0 Å². The average Bonchev–Trinajstić information content (AvgIpc) is 3.33. The van der Waals surface area contributed by atoms with E-state index in [9.17, 15) is 9.59 Å². The molecule has 0 aromatic carbocycles. The summed E-state index contributed by atoms with van der Waals surface area (Å²) in [7, 11) is 0. The van der Waals surface area contributed by atoms with E-state index in [1.165, 1.54) is 45.4 Å². The second kappa shape index (κ2) is 6.36. The fourth-order valence-electron chi connectivity index (χ4n) is 10.8. The van der Waals surface area contributed by atoms with Gasteiger partial charge in [0.25, 0.3) is 0 Å². The van der Waals surface area contributed by atoms with Crippen LogP contribution in [0.25, 0.3) is 0 Å². The van der Waals surface area contributed by atoms with E-state index in [0.29, 0.717) is 35.6 Å². The molecule has 0 bridgehead atoms. The van der Waals surface area contributed by atoms with Crippen molar-refractivity contribution < 1.29 is 19.1 Å². The highest BCUT2D eigenvalue weighted by atomic mass is 16.6. The molecule has 1 spiro atoms. The molecule has 4 nitrogen and oxygen atoms in total. The van der Waals surface area contributed by atoms with Gasteiger partial charge in [-0.3, -0.25) is 9.59 Å². The Hall–Kier alpha value is -0.900. The largest absolute Gasteiger partial charge is 0.462 e. The van der Waals surface area contributed by atoms with Crippen LogP contribution in [0.3, 0.4) is 0 Å². The quantitative estimate of drug-likeness (QED) is 0.432. The molecule has 5 saturated carbocycles. The van der Waals surface area contributed by atoms with Crippen LogP contribution in [0.15, 0.2) is 0 Å². The van der Waals surface area contributed by atoms with Crippen molar-refractivity contribution in [3.8, 4) is 0 Å². The van der Waals surface area contributed by atoms with Gasteiger partial charge in [0.05, 0.1) is 6.10 Å². The van der Waals surface area contributed by atoms with Crippen molar-refractivity contribution in [2.75, 3.05) is 0 Å². The number of esters is 1. The first kappa shape index (κ1) is 20.7. The fraction of sp³-hybridized carbons (Fsp3) is 0.926. The molecule has 10 atom stereocenters. The summed E-state index contributed by atoms with van der Waals surface area (Å²) in [6, 6.07) is 0. The highest BCUT2D eigenvalue weighted by Crippen LogP contribution is 2.77. The molecule has 1 heterocycles. The van der Waals surface area contributed by atoms with Crippen molar-refractivity contribution in [1.82, 2.24) is 0 Å². The van der Waals surface area contributed by atoms with E-state index in [4.69, 9.17) is 9.47 Å². The summed E-state index contributed by atoms with van der Waals surface area (Å²) in [5.74, 6) is 2.98. The highest BCUT2D eigenvalue weighted by molar-refractivity contribution is 5.84. The Morgan fingerprint density at radius 3 is 2.42 bits per heavy atom. The van der Waals surface area contributed by atoms with Crippen molar-refractivity contribution in [2.45, 2.75) is 116 Å². The van der Waals surface area contributed by atoms with E-state index < -0.39 is 0 Å². The molecule has 172 valence electrons. The lowest BCUT2D eigenvalue weighted by atomic mass is 9.42. The Kier molecular flexibility index (Phi) is 4.25. The molecule has 0 N–H and O–H groups in total. The molecule has 0 aromatic rings. The topological polar surface area (TPSA) is 55.9 Å². The molecule has 6 fully saturated rings. The predicted molar refractivity (Wildman–Crippen MR) is 117 cm³/mol. The van der Waals surface area contributed by atoms with E-state index >= 15 is 0 Å². The summed E-state index contributed by atoms with van der Waals surface area (Å²) >= 11 is 0. The maximum absolute atomic E-state index is 13.2. The van der Waals surface area contributed by atoms with Crippen molar-refractivity contribution in [2.24, 2.45) is 39.9 Å². The summed E-state index contributed by atoms with van der Waals surface area (Å²) in [5, 5.41) is 0. The minimum absolute atomic E-state index is 0.0244. The second-order valence-corrected chi connectivity index (χ2v) is 12.7. The second-order valence-electron chi connectivity index (χ2n) is 12.7. The van der Waals surface area contributed by atoms with Crippen molar-refractivity contribution in [3.05, 3.63) is 0 Å². The van der Waals surface area contributed by atoms with Crippen molar-refractivity contribution in [3.63, 3.8) is 0 Å². The Labute approximate surface area is 187 Å². The molecule has 5 aliphatic carbocycles. The van der Waals surface area contributed by atoms with Gasteiger partial charge in [-0.15, -0.1) is 0 Å². The van der Waals surface area contributed by atoms with E-state index in [0.717, 1.165) is 32.1 Å². The standard InChI is InChI=1S/C27H40O4/c1-16(28)26-10-6-5-7-18(26)13-22-20-14-23-27(31-23)15-19(30-17(2)29)8-11-25(27,4)21(20)9-12-24(22,26)3/h18-23H,5-15H2,1-4H3/t18-,19-,20-,21+,22+,23+,24-,25-,26-,27+/m1/s1. The first-order valence-electron chi connectivity index (χ1n) is 13.0. The summed E-state index contributed by atoms with van der Waals surface area (Å²) < 4.78 is 12.2. The monoisotopic (exact) mass is 428 g/mol. The first-order chi connectivity index (χ1) is 14.7. The van der Waals surface area contributed by atoms with Gasteiger partial charge in [-0.1, -0.05) is 26.7 Å². The Bertz CT molecular complexity index is 822. The summed E-state index contributed by atoms with van der Waals surface area (Å²) in [5.41, 5.74) is 0.235. The summed E-state index contributed by atoms with van der Waals surface area (Å²) in [6.07, 6.45) is 13.1. The van der Waals surface area contributed by atoms with Crippen LogP contribution in [-0.2, 0) is 19.1 Å². The van der Waals surface area contributed by atoms with E-state index in [1.54, 1.807) is 0 Å². The van der Waals surface area contributed by atoms with Gasteiger partial charge >= 0.3 is 5.97 Å². The molecular weight excluding hydrogens is 388 g/mol. The number of ketones is 1. The van der Waals surface area contributed by atoms with Crippen LogP contribution in [0.2, 0.25) is 0 Å². The van der Waals surface area contributed by atoms with Gasteiger partial charge in [-0.25, -0.2) is 0 Å². The van der Waals surface area contributed by atoms with Crippen molar-refractivity contribution in [1.29, 1.82) is 0 Å². The lowest BCUT2D eigenvalue weighted by Gasteiger charge is -2.61. The molecule has 6 rings (SSSR count). The third-order valence-electron chi connectivity index (χ3n) is 12.0. The Balaban J connectivity index is 1.33. The molecule has 31 heavy (non-hydrogen) atoms. The first-order valence-corrected chi connectivity index (χ1v) is 13.0. The van der Waals surface area contributed by atoms with Crippen molar-refractivity contribution >= 4 is 11.8 Å². The number of fused-ring (bicyclic) bond motifs is 6. The zero-order chi connectivity index (χ0) is 21.8. The molecular formula is C27H40O4. The SMILES string of the molecule is CC(=O)O[C@@H]1CC[C@]2(C)[C@H]3CC[C@]4(C)[C@@H](C[C@H]5CCCC[C@@]54C(C)=O)[C@@H]3C[C@@H]3O[C@@]32C1. The summed E-state index contributed by atoms with van der Waals surface area (Å²) in [6.45, 7) is 8.45. The van der Waals surface area contributed by atoms with Crippen LogP contribution in [0.5, 0.6) is 0 Å². The minimum Gasteiger partial charge on any atom is -0.462 e. The van der Waals surface area contributed by atoms with Gasteiger partial charge in [0.1, 0.15) is 17.5 Å². The van der Waals surface area contributed by atoms with Crippen LogP contribution in [0.1, 0.15) is 98.3 Å². The number of hydrogen-bond donors (Lipinski definition) is 0. The maximum Gasteiger partial charge on any atom is 0.302 e. The van der Waals surface area contributed by atoms with E-state index in [2.05, 4.69) is 13.8 Å². The number of epoxide rings is 1. The molecule has 6 aliphatic rings. The Morgan fingerprint density at radius 2 is 1.68 bits per heavy atom. The molecule has 4 heteroatoms. The zero-order valence-corrected chi connectivity index (χ0v) is 19.9. The predicted octanol–water partition coefficient (Wildman–Crippen LogP) is 5.47. The van der Waals surface area contributed by atoms with Gasteiger partial charge < -0.3 is 9.47 Å². The lowest BCUT2D eigenvalue weighted by molar-refractivity contribution is -0.163. The number of carbonyl (C=O) groups is 2. The number of rotatable bonds is 2. The zero-order valence-electron chi connectivity index (χ0n) is 19.9. The molecule has 1 aliphatic heterocycles. The maximum atomic E-state index is 13.2. The molecule has 0 unspecified atom stereocenters. The molecule has 0 amide bonds. The number of carbonyl (C=O) groups excluding carboxylic acids is 2. The number of ether oxygens (including phenoxy) is 2. The lowest BCUT2D eigenvalue weighted by Crippen LogP contribution is -2.60. The molecule has 1 saturated heterocycles. The summed E-state index contributed by atoms with van der Waals surface area (Å²) in [4.78, 5) is 24.8. The van der Waals surface area contributed by atoms with Crippen LogP contribution in [0.4, 0.5) is 0 Å². The minimum atomic E-state index is -0.160. The normalized spacial score (nSPS) is 56.9. The van der Waals surface area contributed by atoms with Gasteiger partial charge in [0.15, 0.2) is 0 Å².